The van der Waals surface area contributed by atoms with Gasteiger partial charge >= 0.3 is 5.97 Å². The van der Waals surface area contributed by atoms with Crippen molar-refractivity contribution in [3.63, 3.8) is 0 Å². The summed E-state index contributed by atoms with van der Waals surface area (Å²) in [6.07, 6.45) is 1.25. The number of aliphatic carboxylic acids is 1. The number of aryl methyl sites for hydroxylation is 1. The van der Waals surface area contributed by atoms with Crippen LogP contribution in [0.15, 0.2) is 10.8 Å². The molecule has 1 saturated heterocycles. The van der Waals surface area contributed by atoms with E-state index < -0.39 is 5.97 Å². The lowest BCUT2D eigenvalue weighted by atomic mass is 10.2. The fourth-order valence-electron chi connectivity index (χ4n) is 1.95. The van der Waals surface area contributed by atoms with Crippen molar-refractivity contribution in [1.82, 2.24) is 14.8 Å². The average Bonchev–Trinajstić information content (AvgIpc) is 2.75. The van der Waals surface area contributed by atoms with E-state index in [-0.39, 0.29) is 18.2 Å². The maximum absolute atomic E-state index is 12.1. The van der Waals surface area contributed by atoms with E-state index >= 15 is 0 Å². The van der Waals surface area contributed by atoms with Crippen LogP contribution in [0, 0.1) is 6.92 Å². The van der Waals surface area contributed by atoms with Crippen LogP contribution < -0.4 is 0 Å². The molecule has 1 N–H and O–H groups in total. The zero-order chi connectivity index (χ0) is 13.1. The van der Waals surface area contributed by atoms with E-state index in [1.54, 1.807) is 16.7 Å². The second-order valence-corrected chi connectivity index (χ2v) is 4.23. The number of carbonyl (C=O) groups is 2. The highest BCUT2D eigenvalue weighted by atomic mass is 16.4. The van der Waals surface area contributed by atoms with Crippen LogP contribution in [0.4, 0.5) is 0 Å². The van der Waals surface area contributed by atoms with Crippen LogP contribution in [0.2, 0.25) is 0 Å². The Morgan fingerprint density at radius 2 is 2.06 bits per heavy atom. The molecule has 0 atom stereocenters. The predicted octanol–water partition coefficient (Wildman–Crippen LogP) is -0.175. The summed E-state index contributed by atoms with van der Waals surface area (Å²) in [5.41, 5.74) is 0.577. The number of hydrogen-bond acceptors (Lipinski definition) is 5. The zero-order valence-corrected chi connectivity index (χ0v) is 10.1. The highest BCUT2D eigenvalue weighted by molar-refractivity contribution is 5.92. The molecular weight excluding hydrogens is 238 g/mol. The third-order valence-electron chi connectivity index (χ3n) is 2.96. The molecule has 1 fully saturated rings. The van der Waals surface area contributed by atoms with E-state index in [2.05, 4.69) is 4.98 Å². The predicted molar refractivity (Wildman–Crippen MR) is 61.2 cm³/mol. The molecule has 18 heavy (non-hydrogen) atoms. The first-order chi connectivity index (χ1) is 8.58. The van der Waals surface area contributed by atoms with Crippen molar-refractivity contribution in [2.75, 3.05) is 32.7 Å². The average molecular weight is 253 g/mol. The van der Waals surface area contributed by atoms with Crippen molar-refractivity contribution in [3.8, 4) is 0 Å². The summed E-state index contributed by atoms with van der Waals surface area (Å²) in [5, 5.41) is 8.68. The number of hydrogen-bond donors (Lipinski definition) is 1. The molecule has 0 spiro atoms. The summed E-state index contributed by atoms with van der Waals surface area (Å²) in [7, 11) is 0. The zero-order valence-electron chi connectivity index (χ0n) is 10.1. The number of carboxylic acids is 1. The number of nitrogens with zero attached hydrogens (tertiary/aromatic N) is 3. The quantitative estimate of drug-likeness (QED) is 0.804. The lowest BCUT2D eigenvalue weighted by Crippen LogP contribution is -2.49. The number of oxazole rings is 1. The van der Waals surface area contributed by atoms with Crippen LogP contribution >= 0.6 is 0 Å². The van der Waals surface area contributed by atoms with Crippen LogP contribution in [0.5, 0.6) is 0 Å². The van der Waals surface area contributed by atoms with E-state index in [9.17, 15) is 9.59 Å². The van der Waals surface area contributed by atoms with Gasteiger partial charge in [-0.3, -0.25) is 14.5 Å². The van der Waals surface area contributed by atoms with Gasteiger partial charge in [-0.1, -0.05) is 0 Å². The SMILES string of the molecule is Cc1ncoc1C(=O)N1CCN(CC(=O)O)CC1. The maximum atomic E-state index is 12.1. The van der Waals surface area contributed by atoms with Gasteiger partial charge in [0.25, 0.3) is 5.91 Å². The molecule has 2 heterocycles. The minimum absolute atomic E-state index is 0.0172. The molecule has 1 amide bonds. The Balaban J connectivity index is 1.92. The van der Waals surface area contributed by atoms with Crippen LogP contribution in [0.3, 0.4) is 0 Å². The largest absolute Gasteiger partial charge is 0.480 e. The lowest BCUT2D eigenvalue weighted by Gasteiger charge is -2.33. The highest BCUT2D eigenvalue weighted by Crippen LogP contribution is 2.11. The van der Waals surface area contributed by atoms with Gasteiger partial charge in [0.1, 0.15) is 0 Å². The van der Waals surface area contributed by atoms with Gasteiger partial charge in [0.2, 0.25) is 5.76 Å². The van der Waals surface area contributed by atoms with Crippen LogP contribution in [0.25, 0.3) is 0 Å². The first-order valence-electron chi connectivity index (χ1n) is 5.71. The Morgan fingerprint density at radius 1 is 1.39 bits per heavy atom. The number of amides is 1. The number of rotatable bonds is 3. The Hall–Kier alpha value is -1.89. The maximum Gasteiger partial charge on any atom is 0.317 e. The second-order valence-electron chi connectivity index (χ2n) is 4.23. The van der Waals surface area contributed by atoms with Gasteiger partial charge < -0.3 is 14.4 Å². The molecule has 0 aliphatic carbocycles. The fourth-order valence-corrected chi connectivity index (χ4v) is 1.95. The van der Waals surface area contributed by atoms with Crippen molar-refractivity contribution >= 4 is 11.9 Å². The van der Waals surface area contributed by atoms with Crippen molar-refractivity contribution in [1.29, 1.82) is 0 Å². The van der Waals surface area contributed by atoms with Crippen molar-refractivity contribution in [2.24, 2.45) is 0 Å². The molecule has 0 saturated carbocycles. The fraction of sp³-hybridized carbons (Fsp3) is 0.545. The third-order valence-corrected chi connectivity index (χ3v) is 2.96. The minimum Gasteiger partial charge on any atom is -0.480 e. The molecule has 1 aromatic rings. The molecule has 0 radical (unpaired) electrons. The first kappa shape index (κ1) is 12.6. The summed E-state index contributed by atoms with van der Waals surface area (Å²) in [5.74, 6) is -0.762. The molecular formula is C11H15N3O4. The van der Waals surface area contributed by atoms with E-state index in [4.69, 9.17) is 9.52 Å². The lowest BCUT2D eigenvalue weighted by molar-refractivity contribution is -0.138. The van der Waals surface area contributed by atoms with Crippen molar-refractivity contribution in [3.05, 3.63) is 17.8 Å². The number of aromatic nitrogens is 1. The second kappa shape index (κ2) is 5.18. The summed E-state index contributed by atoms with van der Waals surface area (Å²) in [6.45, 7) is 3.87. The summed E-state index contributed by atoms with van der Waals surface area (Å²) in [4.78, 5) is 30.0. The van der Waals surface area contributed by atoms with Gasteiger partial charge in [-0.2, -0.15) is 0 Å². The topological polar surface area (TPSA) is 86.9 Å². The minimum atomic E-state index is -0.846. The van der Waals surface area contributed by atoms with Crippen LogP contribution in [0.1, 0.15) is 16.2 Å². The molecule has 0 aromatic carbocycles. The van der Waals surface area contributed by atoms with Gasteiger partial charge in [0.15, 0.2) is 6.39 Å². The van der Waals surface area contributed by atoms with Gasteiger partial charge in [-0.25, -0.2) is 4.98 Å². The number of carboxylic acid groups (broad SMARTS) is 1. The van der Waals surface area contributed by atoms with Crippen molar-refractivity contribution in [2.45, 2.75) is 6.92 Å². The van der Waals surface area contributed by atoms with E-state index in [0.717, 1.165) is 0 Å². The van der Waals surface area contributed by atoms with Gasteiger partial charge in [-0.05, 0) is 6.92 Å². The summed E-state index contributed by atoms with van der Waals surface area (Å²) in [6, 6.07) is 0. The third kappa shape index (κ3) is 2.67. The smallest absolute Gasteiger partial charge is 0.317 e. The van der Waals surface area contributed by atoms with Crippen LogP contribution in [-0.2, 0) is 4.79 Å². The van der Waals surface area contributed by atoms with E-state index in [1.165, 1.54) is 6.39 Å². The molecule has 7 heteroatoms. The molecule has 1 aliphatic rings. The molecule has 2 rings (SSSR count). The Morgan fingerprint density at radius 3 is 2.56 bits per heavy atom. The summed E-state index contributed by atoms with van der Waals surface area (Å²) >= 11 is 0. The number of piperazine rings is 1. The van der Waals surface area contributed by atoms with E-state index in [0.29, 0.717) is 31.9 Å². The van der Waals surface area contributed by atoms with Gasteiger partial charge in [0, 0.05) is 26.2 Å². The summed E-state index contributed by atoms with van der Waals surface area (Å²) < 4.78 is 5.06. The highest BCUT2D eigenvalue weighted by Gasteiger charge is 2.26. The number of carbonyl (C=O) groups excluding carboxylic acids is 1. The molecule has 7 nitrogen and oxygen atoms in total. The van der Waals surface area contributed by atoms with Crippen molar-refractivity contribution < 1.29 is 19.1 Å². The standard InChI is InChI=1S/C11H15N3O4/c1-8-10(18-7-12-8)11(17)14-4-2-13(3-5-14)6-9(15)16/h7H,2-6H2,1H3,(H,15,16). The first-order valence-corrected chi connectivity index (χ1v) is 5.71. The molecule has 98 valence electrons. The van der Waals surface area contributed by atoms with Crippen LogP contribution in [-0.4, -0.2) is 64.5 Å². The molecule has 1 aliphatic heterocycles. The van der Waals surface area contributed by atoms with Gasteiger partial charge in [0.05, 0.1) is 12.2 Å². The molecule has 0 bridgehead atoms. The normalized spacial score (nSPS) is 16.8. The Bertz CT molecular complexity index is 449. The monoisotopic (exact) mass is 253 g/mol. The Kier molecular flexibility index (Phi) is 3.61. The Labute approximate surface area is 104 Å². The molecule has 0 unspecified atom stereocenters. The van der Waals surface area contributed by atoms with Gasteiger partial charge in [-0.15, -0.1) is 0 Å². The molecule has 1 aromatic heterocycles. The van der Waals surface area contributed by atoms with E-state index in [1.807, 2.05) is 0 Å².